The lowest BCUT2D eigenvalue weighted by molar-refractivity contribution is 0.0600. The lowest BCUT2D eigenvalue weighted by Gasteiger charge is -2.32. The molecule has 0 aliphatic carbocycles. The molecule has 2 aromatic carbocycles. The lowest BCUT2D eigenvalue weighted by atomic mass is 9.89. The summed E-state index contributed by atoms with van der Waals surface area (Å²) in [6, 6.07) is 15.2. The largest absolute Gasteiger partial charge is 0.465 e. The fourth-order valence-corrected chi connectivity index (χ4v) is 5.09. The summed E-state index contributed by atoms with van der Waals surface area (Å²) < 4.78 is 4.88. The summed E-state index contributed by atoms with van der Waals surface area (Å²) in [5, 5.41) is 5.05. The van der Waals surface area contributed by atoms with Gasteiger partial charge in [0.2, 0.25) is 0 Å². The molecule has 0 saturated carbocycles. The summed E-state index contributed by atoms with van der Waals surface area (Å²) in [6.07, 6.45) is 6.83. The molecule has 3 heterocycles. The van der Waals surface area contributed by atoms with Gasteiger partial charge in [0.25, 0.3) is 5.91 Å². The van der Waals surface area contributed by atoms with Crippen molar-refractivity contribution >= 4 is 33.7 Å². The molecule has 2 aromatic heterocycles. The summed E-state index contributed by atoms with van der Waals surface area (Å²) in [7, 11) is 1.41. The van der Waals surface area contributed by atoms with Crippen molar-refractivity contribution in [2.75, 3.05) is 33.3 Å². The van der Waals surface area contributed by atoms with Crippen LogP contribution in [-0.2, 0) is 4.74 Å². The van der Waals surface area contributed by atoms with Crippen molar-refractivity contribution in [2.45, 2.75) is 25.2 Å². The number of piperidine rings is 1. The summed E-state index contributed by atoms with van der Waals surface area (Å²) in [6.45, 7) is 3.66. The van der Waals surface area contributed by atoms with E-state index in [1.165, 1.54) is 12.7 Å². The second-order valence-electron chi connectivity index (χ2n) is 9.10. The number of esters is 1. The highest BCUT2D eigenvalue weighted by Gasteiger charge is 2.23. The van der Waals surface area contributed by atoms with Crippen LogP contribution in [0.4, 0.5) is 0 Å². The fourth-order valence-electron chi connectivity index (χ4n) is 5.09. The topological polar surface area (TPSA) is 87.3 Å². The van der Waals surface area contributed by atoms with Crippen LogP contribution in [0.5, 0.6) is 0 Å². The molecule has 0 unspecified atom stereocenters. The van der Waals surface area contributed by atoms with Gasteiger partial charge in [0, 0.05) is 35.2 Å². The number of fused-ring (bicyclic) bond motifs is 2. The van der Waals surface area contributed by atoms with Crippen molar-refractivity contribution in [1.82, 2.24) is 20.2 Å². The van der Waals surface area contributed by atoms with Crippen LogP contribution in [0.2, 0.25) is 0 Å². The molecule has 1 aliphatic heterocycles. The van der Waals surface area contributed by atoms with E-state index in [2.05, 4.69) is 26.4 Å². The number of pyridine rings is 1. The number of methoxy groups -OCH3 is 1. The number of aromatic nitrogens is 2. The third kappa shape index (κ3) is 4.91. The maximum atomic E-state index is 12.7. The van der Waals surface area contributed by atoms with E-state index < -0.39 is 0 Å². The minimum absolute atomic E-state index is 0.0482. The monoisotopic (exact) mass is 470 g/mol. The quantitative estimate of drug-likeness (QED) is 0.307. The number of rotatable bonds is 7. The summed E-state index contributed by atoms with van der Waals surface area (Å²) in [5.74, 6) is 0.110. The first-order valence-corrected chi connectivity index (χ1v) is 12.2. The number of carbonyl (C=O) groups is 2. The van der Waals surface area contributed by atoms with E-state index in [-0.39, 0.29) is 11.9 Å². The van der Waals surface area contributed by atoms with Gasteiger partial charge < -0.3 is 19.9 Å². The smallest absolute Gasteiger partial charge is 0.337 e. The molecule has 1 aliphatic rings. The van der Waals surface area contributed by atoms with Crippen molar-refractivity contribution in [3.63, 3.8) is 0 Å². The van der Waals surface area contributed by atoms with Crippen LogP contribution in [0.15, 0.2) is 60.9 Å². The zero-order valence-corrected chi connectivity index (χ0v) is 19.9. The van der Waals surface area contributed by atoms with Crippen LogP contribution in [0.3, 0.4) is 0 Å². The normalized spacial score (nSPS) is 14.9. The number of nitrogens with one attached hydrogen (secondary N) is 2. The SMILES string of the molecule is COC(=O)c1ccc2[nH]cc(C3CCN(CCCNC(=O)c4ccnc5ccccc45)CC3)c2c1. The second kappa shape index (κ2) is 10.3. The van der Waals surface area contributed by atoms with Gasteiger partial charge in [-0.1, -0.05) is 18.2 Å². The van der Waals surface area contributed by atoms with E-state index in [1.807, 2.05) is 36.4 Å². The first-order valence-electron chi connectivity index (χ1n) is 12.2. The molecule has 1 fully saturated rings. The number of ether oxygens (including phenoxy) is 1. The minimum atomic E-state index is -0.307. The van der Waals surface area contributed by atoms with Gasteiger partial charge in [-0.25, -0.2) is 4.79 Å². The number of aromatic amines is 1. The number of carbonyl (C=O) groups excluding carboxylic acids is 2. The Labute approximate surface area is 204 Å². The molecule has 180 valence electrons. The number of benzene rings is 2. The fraction of sp³-hybridized carbons (Fsp3) is 0.321. The molecule has 0 atom stereocenters. The van der Waals surface area contributed by atoms with Gasteiger partial charge in [-0.15, -0.1) is 0 Å². The predicted octanol–water partition coefficient (Wildman–Crippen LogP) is 4.50. The molecule has 4 aromatic rings. The number of likely N-dealkylation sites (tertiary alicyclic amines) is 1. The van der Waals surface area contributed by atoms with Crippen LogP contribution < -0.4 is 5.32 Å². The van der Waals surface area contributed by atoms with Crippen molar-refractivity contribution in [3.05, 3.63) is 77.6 Å². The van der Waals surface area contributed by atoms with Gasteiger partial charge in [-0.05, 0) is 80.7 Å². The maximum absolute atomic E-state index is 12.7. The molecular formula is C28H30N4O3. The first-order chi connectivity index (χ1) is 17.1. The standard InChI is InChI=1S/C28H30N4O3/c1-35-28(34)20-7-8-26-23(17-20)24(18-31-26)19-10-15-32(16-11-19)14-4-12-30-27(33)22-9-13-29-25-6-3-2-5-21(22)25/h2-3,5-9,13,17-19,31H,4,10-12,14-16H2,1H3,(H,30,33). The molecule has 0 bridgehead atoms. The van der Waals surface area contributed by atoms with Crippen LogP contribution in [-0.4, -0.2) is 60.0 Å². The molecule has 5 rings (SSSR count). The van der Waals surface area contributed by atoms with Gasteiger partial charge in [-0.3, -0.25) is 9.78 Å². The zero-order valence-electron chi connectivity index (χ0n) is 19.9. The maximum Gasteiger partial charge on any atom is 0.337 e. The van der Waals surface area contributed by atoms with Crippen LogP contribution >= 0.6 is 0 Å². The first kappa shape index (κ1) is 23.1. The Balaban J connectivity index is 1.11. The van der Waals surface area contributed by atoms with E-state index in [1.54, 1.807) is 18.3 Å². The minimum Gasteiger partial charge on any atom is -0.465 e. The Morgan fingerprint density at radius 1 is 1.11 bits per heavy atom. The highest BCUT2D eigenvalue weighted by atomic mass is 16.5. The molecule has 0 radical (unpaired) electrons. The lowest BCUT2D eigenvalue weighted by Crippen LogP contribution is -2.35. The molecule has 0 spiro atoms. The van der Waals surface area contributed by atoms with Gasteiger partial charge in [0.15, 0.2) is 0 Å². The van der Waals surface area contributed by atoms with Gasteiger partial charge in [0.05, 0.1) is 23.8 Å². The van der Waals surface area contributed by atoms with E-state index in [0.717, 1.165) is 60.7 Å². The van der Waals surface area contributed by atoms with E-state index >= 15 is 0 Å². The van der Waals surface area contributed by atoms with Crippen molar-refractivity contribution in [1.29, 1.82) is 0 Å². The summed E-state index contributed by atoms with van der Waals surface area (Å²) >= 11 is 0. The molecule has 1 saturated heterocycles. The molecule has 7 heteroatoms. The number of H-pyrrole nitrogens is 1. The number of para-hydroxylation sites is 1. The average molecular weight is 471 g/mol. The zero-order chi connectivity index (χ0) is 24.2. The van der Waals surface area contributed by atoms with Gasteiger partial charge in [-0.2, -0.15) is 0 Å². The van der Waals surface area contributed by atoms with E-state index in [9.17, 15) is 9.59 Å². The van der Waals surface area contributed by atoms with E-state index in [4.69, 9.17) is 4.74 Å². The third-order valence-corrected chi connectivity index (χ3v) is 6.99. The highest BCUT2D eigenvalue weighted by molar-refractivity contribution is 6.05. The van der Waals surface area contributed by atoms with Crippen molar-refractivity contribution in [3.8, 4) is 0 Å². The average Bonchev–Trinajstić information content (AvgIpc) is 3.34. The number of hydrogen-bond acceptors (Lipinski definition) is 5. The third-order valence-electron chi connectivity index (χ3n) is 6.99. The Kier molecular flexibility index (Phi) is 6.77. The van der Waals surface area contributed by atoms with Crippen molar-refractivity contribution in [2.24, 2.45) is 0 Å². The van der Waals surface area contributed by atoms with Gasteiger partial charge in [0.1, 0.15) is 0 Å². The van der Waals surface area contributed by atoms with Crippen molar-refractivity contribution < 1.29 is 14.3 Å². The Morgan fingerprint density at radius 3 is 2.77 bits per heavy atom. The number of hydrogen-bond donors (Lipinski definition) is 2. The van der Waals surface area contributed by atoms with Crippen LogP contribution in [0.25, 0.3) is 21.8 Å². The van der Waals surface area contributed by atoms with E-state index in [0.29, 0.717) is 23.6 Å². The predicted molar refractivity (Wildman–Crippen MR) is 137 cm³/mol. The summed E-state index contributed by atoms with van der Waals surface area (Å²) in [5.41, 5.74) is 4.42. The van der Waals surface area contributed by atoms with Crippen LogP contribution in [0, 0.1) is 0 Å². The second-order valence-corrected chi connectivity index (χ2v) is 9.10. The number of amides is 1. The Hall–Kier alpha value is -3.71. The van der Waals surface area contributed by atoms with Gasteiger partial charge >= 0.3 is 5.97 Å². The molecule has 7 nitrogen and oxygen atoms in total. The Morgan fingerprint density at radius 2 is 1.94 bits per heavy atom. The molecular weight excluding hydrogens is 440 g/mol. The highest BCUT2D eigenvalue weighted by Crippen LogP contribution is 2.33. The molecule has 35 heavy (non-hydrogen) atoms. The molecule has 1 amide bonds. The molecule has 2 N–H and O–H groups in total. The summed E-state index contributed by atoms with van der Waals surface area (Å²) in [4.78, 5) is 34.8. The van der Waals surface area contributed by atoms with Crippen LogP contribution in [0.1, 0.15) is 51.5 Å². The Bertz CT molecular complexity index is 1350. The number of nitrogens with zero attached hydrogens (tertiary/aromatic N) is 2.